The van der Waals surface area contributed by atoms with Crippen molar-refractivity contribution in [1.82, 2.24) is 9.97 Å². The number of methoxy groups -OCH3 is 2. The Labute approximate surface area is 117 Å². The van der Waals surface area contributed by atoms with Gasteiger partial charge in [-0.3, -0.25) is 4.98 Å². The Morgan fingerprint density at radius 3 is 2.15 bits per heavy atom. The van der Waals surface area contributed by atoms with Gasteiger partial charge in [-0.05, 0) is 24.3 Å². The molecule has 0 N–H and O–H groups in total. The summed E-state index contributed by atoms with van der Waals surface area (Å²) in [5, 5.41) is 0. The highest BCUT2D eigenvalue weighted by atomic mass is 16.5. The molecule has 1 aromatic heterocycles. The van der Waals surface area contributed by atoms with Crippen LogP contribution in [-0.2, 0) is 0 Å². The molecule has 20 heavy (non-hydrogen) atoms. The summed E-state index contributed by atoms with van der Waals surface area (Å²) in [7, 11) is 3.26. The molecule has 0 aliphatic heterocycles. The lowest BCUT2D eigenvalue weighted by Gasteiger charge is -2.08. The topological polar surface area (TPSA) is 44.2 Å². The second-order valence-electron chi connectivity index (χ2n) is 4.35. The molecular formula is C16H14N2O2. The van der Waals surface area contributed by atoms with E-state index in [0.29, 0.717) is 0 Å². The third kappa shape index (κ3) is 2.28. The molecule has 0 radical (unpaired) electrons. The van der Waals surface area contributed by atoms with E-state index < -0.39 is 0 Å². The first-order valence-corrected chi connectivity index (χ1v) is 6.25. The van der Waals surface area contributed by atoms with Crippen molar-refractivity contribution in [3.63, 3.8) is 0 Å². The maximum absolute atomic E-state index is 5.28. The van der Waals surface area contributed by atoms with Crippen LogP contribution in [0.1, 0.15) is 0 Å². The number of para-hydroxylation sites is 2. The molecule has 3 rings (SSSR count). The van der Waals surface area contributed by atoms with Crippen molar-refractivity contribution in [2.75, 3.05) is 14.2 Å². The third-order valence-corrected chi connectivity index (χ3v) is 3.10. The molecule has 2 aromatic carbocycles. The lowest BCUT2D eigenvalue weighted by atomic mass is 10.1. The number of hydrogen-bond acceptors (Lipinski definition) is 4. The predicted octanol–water partition coefficient (Wildman–Crippen LogP) is 3.31. The van der Waals surface area contributed by atoms with Crippen molar-refractivity contribution in [2.45, 2.75) is 0 Å². The zero-order valence-corrected chi connectivity index (χ0v) is 11.3. The summed E-state index contributed by atoms with van der Waals surface area (Å²) < 4.78 is 10.6. The molecule has 0 fully saturated rings. The zero-order chi connectivity index (χ0) is 13.9. The van der Waals surface area contributed by atoms with Crippen LogP contribution in [0.4, 0.5) is 0 Å². The van der Waals surface area contributed by atoms with Crippen molar-refractivity contribution in [1.29, 1.82) is 0 Å². The van der Waals surface area contributed by atoms with Crippen LogP contribution in [0.15, 0.2) is 48.7 Å². The molecular weight excluding hydrogens is 252 g/mol. The molecule has 0 atom stereocenters. The summed E-state index contributed by atoms with van der Waals surface area (Å²) in [6.45, 7) is 0. The van der Waals surface area contributed by atoms with Crippen molar-refractivity contribution in [3.8, 4) is 22.8 Å². The Morgan fingerprint density at radius 2 is 1.50 bits per heavy atom. The molecule has 0 aliphatic carbocycles. The van der Waals surface area contributed by atoms with E-state index in [9.17, 15) is 0 Å². The number of rotatable bonds is 3. The van der Waals surface area contributed by atoms with Crippen molar-refractivity contribution >= 4 is 11.0 Å². The number of fused-ring (bicyclic) bond motifs is 1. The van der Waals surface area contributed by atoms with Crippen molar-refractivity contribution < 1.29 is 9.47 Å². The average molecular weight is 266 g/mol. The van der Waals surface area contributed by atoms with Crippen LogP contribution in [-0.4, -0.2) is 24.2 Å². The minimum Gasteiger partial charge on any atom is -0.497 e. The van der Waals surface area contributed by atoms with Gasteiger partial charge in [0.2, 0.25) is 0 Å². The van der Waals surface area contributed by atoms with Crippen molar-refractivity contribution in [2.24, 2.45) is 0 Å². The molecule has 4 heteroatoms. The van der Waals surface area contributed by atoms with E-state index in [1.165, 1.54) is 0 Å². The number of aromatic nitrogens is 2. The van der Waals surface area contributed by atoms with Crippen LogP contribution in [0.25, 0.3) is 22.3 Å². The van der Waals surface area contributed by atoms with Crippen LogP contribution in [0.5, 0.6) is 11.5 Å². The number of benzene rings is 2. The Kier molecular flexibility index (Phi) is 3.21. The van der Waals surface area contributed by atoms with Gasteiger partial charge in [-0.2, -0.15) is 0 Å². The van der Waals surface area contributed by atoms with Crippen LogP contribution in [0, 0.1) is 0 Å². The van der Waals surface area contributed by atoms with Gasteiger partial charge in [0.05, 0.1) is 37.1 Å². The first-order chi connectivity index (χ1) is 9.80. The van der Waals surface area contributed by atoms with E-state index >= 15 is 0 Å². The summed E-state index contributed by atoms with van der Waals surface area (Å²) in [6, 6.07) is 13.5. The minimum absolute atomic E-state index is 0.731. The lowest BCUT2D eigenvalue weighted by molar-refractivity contribution is 0.394. The second kappa shape index (κ2) is 5.17. The van der Waals surface area contributed by atoms with Gasteiger partial charge < -0.3 is 9.47 Å². The van der Waals surface area contributed by atoms with E-state index in [4.69, 9.17) is 9.47 Å². The van der Waals surface area contributed by atoms with Gasteiger partial charge >= 0.3 is 0 Å². The number of hydrogen-bond donors (Lipinski definition) is 0. The summed E-state index contributed by atoms with van der Waals surface area (Å²) >= 11 is 0. The van der Waals surface area contributed by atoms with Crippen LogP contribution < -0.4 is 9.47 Å². The Morgan fingerprint density at radius 1 is 0.850 bits per heavy atom. The van der Waals surface area contributed by atoms with E-state index in [-0.39, 0.29) is 0 Å². The lowest BCUT2D eigenvalue weighted by Crippen LogP contribution is -1.92. The predicted molar refractivity (Wildman–Crippen MR) is 78.1 cm³/mol. The van der Waals surface area contributed by atoms with Crippen LogP contribution >= 0.6 is 0 Å². The quantitative estimate of drug-likeness (QED) is 0.729. The maximum atomic E-state index is 5.28. The molecule has 1 heterocycles. The van der Waals surface area contributed by atoms with Gasteiger partial charge in [-0.1, -0.05) is 12.1 Å². The van der Waals surface area contributed by atoms with E-state index in [0.717, 1.165) is 33.8 Å². The molecule has 0 unspecified atom stereocenters. The standard InChI is InChI=1S/C16H14N2O2/c1-19-12-7-11(8-13(9-12)20-2)16-10-17-14-5-3-4-6-15(14)18-16/h3-10H,1-2H3. The first-order valence-electron chi connectivity index (χ1n) is 6.25. The van der Waals surface area contributed by atoms with Gasteiger partial charge in [0.25, 0.3) is 0 Å². The van der Waals surface area contributed by atoms with Gasteiger partial charge in [-0.25, -0.2) is 4.98 Å². The van der Waals surface area contributed by atoms with E-state index in [1.54, 1.807) is 20.4 Å². The van der Waals surface area contributed by atoms with Gasteiger partial charge in [-0.15, -0.1) is 0 Å². The summed E-state index contributed by atoms with van der Waals surface area (Å²) in [4.78, 5) is 9.05. The van der Waals surface area contributed by atoms with E-state index in [2.05, 4.69) is 9.97 Å². The number of nitrogens with zero attached hydrogens (tertiary/aromatic N) is 2. The molecule has 0 bridgehead atoms. The SMILES string of the molecule is COc1cc(OC)cc(-c2cnc3ccccc3n2)c1. The molecule has 100 valence electrons. The molecule has 0 saturated carbocycles. The van der Waals surface area contributed by atoms with Crippen LogP contribution in [0.3, 0.4) is 0 Å². The fourth-order valence-corrected chi connectivity index (χ4v) is 2.05. The minimum atomic E-state index is 0.731. The Bertz CT molecular complexity index is 734. The Balaban J connectivity index is 2.14. The summed E-state index contributed by atoms with van der Waals surface area (Å²) in [6.07, 6.45) is 1.76. The highest BCUT2D eigenvalue weighted by Crippen LogP contribution is 2.29. The zero-order valence-electron chi connectivity index (χ0n) is 11.3. The normalized spacial score (nSPS) is 10.5. The first kappa shape index (κ1) is 12.4. The molecule has 3 aromatic rings. The molecule has 0 aliphatic rings. The van der Waals surface area contributed by atoms with Crippen molar-refractivity contribution in [3.05, 3.63) is 48.7 Å². The van der Waals surface area contributed by atoms with Crippen LogP contribution in [0.2, 0.25) is 0 Å². The fourth-order valence-electron chi connectivity index (χ4n) is 2.05. The molecule has 0 saturated heterocycles. The summed E-state index contributed by atoms with van der Waals surface area (Å²) in [5.41, 5.74) is 3.46. The number of ether oxygens (including phenoxy) is 2. The smallest absolute Gasteiger partial charge is 0.123 e. The maximum Gasteiger partial charge on any atom is 0.123 e. The second-order valence-corrected chi connectivity index (χ2v) is 4.35. The largest absolute Gasteiger partial charge is 0.497 e. The third-order valence-electron chi connectivity index (χ3n) is 3.10. The molecule has 0 spiro atoms. The fraction of sp³-hybridized carbons (Fsp3) is 0.125. The van der Waals surface area contributed by atoms with Gasteiger partial charge in [0, 0.05) is 11.6 Å². The highest BCUT2D eigenvalue weighted by molar-refractivity contribution is 5.77. The monoisotopic (exact) mass is 266 g/mol. The highest BCUT2D eigenvalue weighted by Gasteiger charge is 2.07. The molecule has 0 amide bonds. The van der Waals surface area contributed by atoms with E-state index in [1.807, 2.05) is 42.5 Å². The van der Waals surface area contributed by atoms with Gasteiger partial charge in [0.1, 0.15) is 11.5 Å². The Hall–Kier alpha value is -2.62. The molecule has 4 nitrogen and oxygen atoms in total. The van der Waals surface area contributed by atoms with Gasteiger partial charge in [0.15, 0.2) is 0 Å². The summed E-state index contributed by atoms with van der Waals surface area (Å²) in [5.74, 6) is 1.46. The average Bonchev–Trinajstić information content (AvgIpc) is 2.53.